The van der Waals surface area contributed by atoms with Crippen molar-refractivity contribution in [1.82, 2.24) is 4.68 Å². The minimum Gasteiger partial charge on any atom is -0.465 e. The van der Waals surface area contributed by atoms with Crippen LogP contribution >= 0.6 is 0 Å². The van der Waals surface area contributed by atoms with Crippen molar-refractivity contribution in [3.8, 4) is 11.3 Å². The predicted octanol–water partition coefficient (Wildman–Crippen LogP) is 3.91. The molecule has 1 heterocycles. The number of hydrogen-bond donors (Lipinski definition) is 1. The molecule has 0 unspecified atom stereocenters. The summed E-state index contributed by atoms with van der Waals surface area (Å²) in [5.74, 6) is -1.23. The van der Waals surface area contributed by atoms with Crippen molar-refractivity contribution in [2.45, 2.75) is 6.92 Å². The van der Waals surface area contributed by atoms with Crippen LogP contribution < -0.4 is 5.43 Å². The zero-order valence-electron chi connectivity index (χ0n) is 15.4. The number of methoxy groups -OCH3 is 2. The van der Waals surface area contributed by atoms with Crippen molar-refractivity contribution < 1.29 is 19.1 Å². The maximum atomic E-state index is 12.5. The molecule has 6 heteroatoms. The Morgan fingerprint density at radius 2 is 1.52 bits per heavy atom. The quantitative estimate of drug-likeness (QED) is 0.695. The van der Waals surface area contributed by atoms with E-state index < -0.39 is 11.9 Å². The van der Waals surface area contributed by atoms with Crippen LogP contribution in [0.4, 0.5) is 5.69 Å². The lowest BCUT2D eigenvalue weighted by Gasteiger charge is -2.13. The molecule has 0 radical (unpaired) electrons. The third-order valence-corrected chi connectivity index (χ3v) is 4.15. The fourth-order valence-electron chi connectivity index (χ4n) is 2.81. The van der Waals surface area contributed by atoms with Gasteiger partial charge in [0.1, 0.15) is 5.56 Å². The van der Waals surface area contributed by atoms with E-state index >= 15 is 0 Å². The van der Waals surface area contributed by atoms with Gasteiger partial charge in [-0.15, -0.1) is 0 Å². The van der Waals surface area contributed by atoms with E-state index in [1.807, 2.05) is 61.5 Å². The predicted molar refractivity (Wildman–Crippen MR) is 103 cm³/mol. The number of carbonyl (C=O) groups is 2. The molecule has 3 rings (SSSR count). The Labute approximate surface area is 157 Å². The highest BCUT2D eigenvalue weighted by Gasteiger charge is 2.28. The molecule has 0 fully saturated rings. The van der Waals surface area contributed by atoms with Gasteiger partial charge in [-0.1, -0.05) is 48.0 Å². The van der Waals surface area contributed by atoms with E-state index in [-0.39, 0.29) is 11.1 Å². The number of nitrogens with one attached hydrogen (secondary N) is 1. The molecule has 0 amide bonds. The number of ether oxygens (including phenoxy) is 2. The van der Waals surface area contributed by atoms with Crippen LogP contribution in [0.5, 0.6) is 0 Å². The van der Waals surface area contributed by atoms with Gasteiger partial charge in [0.2, 0.25) is 0 Å². The second kappa shape index (κ2) is 7.78. The molecule has 0 aliphatic heterocycles. The minimum absolute atomic E-state index is 0.128. The molecule has 138 valence electrons. The van der Waals surface area contributed by atoms with Gasteiger partial charge in [0.05, 0.1) is 31.2 Å². The van der Waals surface area contributed by atoms with Gasteiger partial charge in [-0.3, -0.25) is 10.1 Å². The van der Waals surface area contributed by atoms with Crippen LogP contribution in [0.1, 0.15) is 26.3 Å². The van der Waals surface area contributed by atoms with Crippen LogP contribution in [0, 0.1) is 6.92 Å². The Morgan fingerprint density at radius 1 is 0.889 bits per heavy atom. The first-order chi connectivity index (χ1) is 13.0. The summed E-state index contributed by atoms with van der Waals surface area (Å²) < 4.78 is 11.4. The summed E-state index contributed by atoms with van der Waals surface area (Å²) in [7, 11) is 2.55. The van der Waals surface area contributed by atoms with Gasteiger partial charge in [-0.25, -0.2) is 9.59 Å². The van der Waals surface area contributed by atoms with Crippen molar-refractivity contribution in [2.24, 2.45) is 0 Å². The summed E-state index contributed by atoms with van der Waals surface area (Å²) in [4.78, 5) is 24.8. The minimum atomic E-state index is -0.614. The molecule has 0 aliphatic rings. The number of rotatable bonds is 5. The topological polar surface area (TPSA) is 69.6 Å². The van der Waals surface area contributed by atoms with Gasteiger partial charge in [-0.2, -0.15) is 0 Å². The number of esters is 2. The summed E-state index contributed by atoms with van der Waals surface area (Å²) >= 11 is 0. The Kier molecular flexibility index (Phi) is 5.26. The fourth-order valence-corrected chi connectivity index (χ4v) is 2.81. The first-order valence-electron chi connectivity index (χ1n) is 8.36. The van der Waals surface area contributed by atoms with Crippen LogP contribution in [0.2, 0.25) is 0 Å². The lowest BCUT2D eigenvalue weighted by Crippen LogP contribution is -2.12. The van der Waals surface area contributed by atoms with E-state index in [1.54, 1.807) is 10.9 Å². The normalized spacial score (nSPS) is 10.3. The molecule has 0 spiro atoms. The number of anilines is 1. The van der Waals surface area contributed by atoms with Gasteiger partial charge in [0, 0.05) is 11.8 Å². The Bertz CT molecular complexity index is 960. The largest absolute Gasteiger partial charge is 0.465 e. The molecule has 0 saturated heterocycles. The van der Waals surface area contributed by atoms with Gasteiger partial charge < -0.3 is 9.47 Å². The number of aromatic nitrogens is 1. The van der Waals surface area contributed by atoms with E-state index in [0.717, 1.165) is 16.8 Å². The lowest BCUT2D eigenvalue weighted by molar-refractivity contribution is 0.0557. The average Bonchev–Trinajstić information content (AvgIpc) is 3.08. The molecule has 3 aromatic rings. The zero-order valence-corrected chi connectivity index (χ0v) is 15.4. The summed E-state index contributed by atoms with van der Waals surface area (Å²) in [5, 5.41) is 0. The maximum absolute atomic E-state index is 12.5. The standard InChI is InChI=1S/C21H20N2O4/c1-14-9-11-16(12-10-14)22-23-13-17(20(24)26-2)18(21(25)27-3)19(23)15-7-5-4-6-8-15/h4-13,22H,1-3H3. The number of aryl methyl sites for hydroxylation is 1. The van der Waals surface area contributed by atoms with E-state index in [0.29, 0.717) is 5.69 Å². The highest BCUT2D eigenvalue weighted by molar-refractivity contribution is 6.07. The monoisotopic (exact) mass is 364 g/mol. The molecular formula is C21H20N2O4. The van der Waals surface area contributed by atoms with Crippen LogP contribution in [0.15, 0.2) is 60.8 Å². The van der Waals surface area contributed by atoms with Crippen molar-refractivity contribution in [2.75, 3.05) is 19.6 Å². The number of carbonyl (C=O) groups excluding carboxylic acids is 2. The molecule has 2 aromatic carbocycles. The summed E-state index contributed by atoms with van der Waals surface area (Å²) in [5.41, 5.74) is 6.70. The summed E-state index contributed by atoms with van der Waals surface area (Å²) in [6.07, 6.45) is 1.54. The van der Waals surface area contributed by atoms with Crippen LogP contribution in [-0.2, 0) is 9.47 Å². The molecule has 0 bridgehead atoms. The molecule has 27 heavy (non-hydrogen) atoms. The third kappa shape index (κ3) is 3.69. The van der Waals surface area contributed by atoms with Gasteiger partial charge in [0.15, 0.2) is 0 Å². The molecule has 1 N–H and O–H groups in total. The average molecular weight is 364 g/mol. The fraction of sp³-hybridized carbons (Fsp3) is 0.143. The Hall–Kier alpha value is -3.54. The van der Waals surface area contributed by atoms with Crippen molar-refractivity contribution in [1.29, 1.82) is 0 Å². The van der Waals surface area contributed by atoms with Gasteiger partial charge >= 0.3 is 11.9 Å². The van der Waals surface area contributed by atoms with Crippen LogP contribution in [0.3, 0.4) is 0 Å². The second-order valence-electron chi connectivity index (χ2n) is 5.96. The van der Waals surface area contributed by atoms with Gasteiger partial charge in [-0.05, 0) is 19.1 Å². The van der Waals surface area contributed by atoms with E-state index in [1.165, 1.54) is 14.2 Å². The molecule has 1 aromatic heterocycles. The SMILES string of the molecule is COC(=O)c1cn(Nc2ccc(C)cc2)c(-c2ccccc2)c1C(=O)OC. The highest BCUT2D eigenvalue weighted by atomic mass is 16.5. The zero-order chi connectivity index (χ0) is 19.4. The Balaban J connectivity index is 2.21. The molecular weight excluding hydrogens is 344 g/mol. The lowest BCUT2D eigenvalue weighted by atomic mass is 10.0. The summed E-state index contributed by atoms with van der Waals surface area (Å²) in [6, 6.07) is 17.1. The first kappa shape index (κ1) is 18.3. The Morgan fingerprint density at radius 3 is 2.11 bits per heavy atom. The van der Waals surface area contributed by atoms with Crippen molar-refractivity contribution in [3.63, 3.8) is 0 Å². The summed E-state index contributed by atoms with van der Waals surface area (Å²) in [6.45, 7) is 2.00. The van der Waals surface area contributed by atoms with E-state index in [9.17, 15) is 9.59 Å². The van der Waals surface area contributed by atoms with Crippen LogP contribution in [0.25, 0.3) is 11.3 Å². The second-order valence-corrected chi connectivity index (χ2v) is 5.96. The highest BCUT2D eigenvalue weighted by Crippen LogP contribution is 2.30. The number of nitrogens with zero attached hydrogens (tertiary/aromatic N) is 1. The van der Waals surface area contributed by atoms with Crippen LogP contribution in [-0.4, -0.2) is 30.8 Å². The number of hydrogen-bond acceptors (Lipinski definition) is 5. The van der Waals surface area contributed by atoms with Crippen molar-refractivity contribution >= 4 is 17.6 Å². The van der Waals surface area contributed by atoms with E-state index in [4.69, 9.17) is 9.47 Å². The first-order valence-corrected chi connectivity index (χ1v) is 8.36. The van der Waals surface area contributed by atoms with Gasteiger partial charge in [0.25, 0.3) is 0 Å². The molecule has 0 aliphatic carbocycles. The molecule has 0 atom stereocenters. The van der Waals surface area contributed by atoms with Crippen molar-refractivity contribution in [3.05, 3.63) is 77.5 Å². The van der Waals surface area contributed by atoms with E-state index in [2.05, 4.69) is 5.43 Å². The third-order valence-electron chi connectivity index (χ3n) is 4.15. The molecule has 0 saturated carbocycles. The smallest absolute Gasteiger partial charge is 0.341 e. The maximum Gasteiger partial charge on any atom is 0.341 e. The number of benzene rings is 2. The molecule has 6 nitrogen and oxygen atoms in total.